The fraction of sp³-hybridized carbons (Fsp3) is 0.957. The smallest absolute Gasteiger partial charge is 0.221 e. The molecule has 0 aliphatic heterocycles. The largest absolute Gasteiger partial charge is 0.356 e. The zero-order valence-electron chi connectivity index (χ0n) is 36.0. The van der Waals surface area contributed by atoms with Crippen LogP contribution in [0.4, 0.5) is 0 Å². The van der Waals surface area contributed by atoms with Gasteiger partial charge in [-0.3, -0.25) is 9.59 Å². The Bertz CT molecular complexity index is 673. The van der Waals surface area contributed by atoms with E-state index in [-0.39, 0.29) is 11.8 Å². The molecule has 0 spiro atoms. The zero-order valence-corrected chi connectivity index (χ0v) is 36.0. The van der Waals surface area contributed by atoms with E-state index < -0.39 is 0 Å². The first-order valence-electron chi connectivity index (χ1n) is 23.4. The Balaban J connectivity index is 3.44. The van der Waals surface area contributed by atoms with Crippen molar-refractivity contribution in [3.8, 4) is 0 Å². The van der Waals surface area contributed by atoms with Crippen LogP contribution in [0.5, 0.6) is 0 Å². The van der Waals surface area contributed by atoms with Gasteiger partial charge in [-0.15, -0.1) is 0 Å². The fourth-order valence-corrected chi connectivity index (χ4v) is 7.13. The van der Waals surface area contributed by atoms with Gasteiger partial charge >= 0.3 is 0 Å². The summed E-state index contributed by atoms with van der Waals surface area (Å²) in [5, 5.41) is 6.23. The fourth-order valence-electron chi connectivity index (χ4n) is 7.13. The summed E-state index contributed by atoms with van der Waals surface area (Å²) in [6.45, 7) is 9.56. The van der Waals surface area contributed by atoms with Crippen LogP contribution in [0.3, 0.4) is 0 Å². The van der Waals surface area contributed by atoms with Crippen molar-refractivity contribution >= 4 is 11.8 Å². The van der Waals surface area contributed by atoms with Crippen molar-refractivity contribution in [2.24, 2.45) is 0 Å². The monoisotopic (exact) mass is 735 g/mol. The SMILES string of the molecule is CCCCCCCCCCCCCCCCCCNC(=O)CCN(C)CCN(C)CCC(=O)NCCCCCCCCCCCCCCCCCC. The molecular weight excluding hydrogens is 641 g/mol. The first-order valence-corrected chi connectivity index (χ1v) is 23.4. The second-order valence-electron chi connectivity index (χ2n) is 16.4. The molecule has 0 radical (unpaired) electrons. The molecule has 0 heterocycles. The number of carbonyl (C=O) groups excluding carboxylic acids is 2. The molecule has 0 saturated carbocycles. The molecule has 2 amide bonds. The van der Waals surface area contributed by atoms with Gasteiger partial charge in [0.25, 0.3) is 0 Å². The van der Waals surface area contributed by atoms with Crippen LogP contribution in [-0.4, -0.2) is 75.0 Å². The van der Waals surface area contributed by atoms with E-state index >= 15 is 0 Å². The van der Waals surface area contributed by atoms with Crippen LogP contribution in [0.25, 0.3) is 0 Å². The lowest BCUT2D eigenvalue weighted by atomic mass is 10.0. The molecule has 0 bridgehead atoms. The lowest BCUT2D eigenvalue weighted by Crippen LogP contribution is -2.35. The molecule has 0 unspecified atom stereocenters. The molecule has 0 aromatic rings. The van der Waals surface area contributed by atoms with Crippen molar-refractivity contribution in [3.63, 3.8) is 0 Å². The molecule has 2 N–H and O–H groups in total. The molecule has 310 valence electrons. The van der Waals surface area contributed by atoms with Crippen LogP contribution >= 0.6 is 0 Å². The predicted molar refractivity (Wildman–Crippen MR) is 229 cm³/mol. The molecule has 52 heavy (non-hydrogen) atoms. The summed E-state index contributed by atoms with van der Waals surface area (Å²) in [6.07, 6.45) is 45.0. The highest BCUT2D eigenvalue weighted by molar-refractivity contribution is 5.76. The summed E-state index contributed by atoms with van der Waals surface area (Å²) in [7, 11) is 4.17. The second kappa shape index (κ2) is 42.6. The molecule has 0 aliphatic carbocycles. The summed E-state index contributed by atoms with van der Waals surface area (Å²) in [6, 6.07) is 0. The number of nitrogens with one attached hydrogen (secondary N) is 2. The van der Waals surface area contributed by atoms with Gasteiger partial charge in [0, 0.05) is 52.1 Å². The Morgan fingerprint density at radius 2 is 0.538 bits per heavy atom. The predicted octanol–water partition coefficient (Wildman–Crippen LogP) is 12.4. The first kappa shape index (κ1) is 50.9. The van der Waals surface area contributed by atoms with Crippen LogP contribution in [0.15, 0.2) is 0 Å². The number of carbonyl (C=O) groups is 2. The van der Waals surface area contributed by atoms with E-state index in [9.17, 15) is 9.59 Å². The summed E-state index contributed by atoms with van der Waals surface area (Å²) < 4.78 is 0. The average Bonchev–Trinajstić information content (AvgIpc) is 3.14. The van der Waals surface area contributed by atoms with Gasteiger partial charge in [0.15, 0.2) is 0 Å². The number of rotatable bonds is 43. The van der Waals surface area contributed by atoms with Gasteiger partial charge in [-0.05, 0) is 26.9 Å². The van der Waals surface area contributed by atoms with Gasteiger partial charge in [0.05, 0.1) is 0 Å². The molecule has 0 aromatic carbocycles. The van der Waals surface area contributed by atoms with Crippen molar-refractivity contribution in [2.75, 3.05) is 53.4 Å². The number of hydrogen-bond donors (Lipinski definition) is 2. The van der Waals surface area contributed by atoms with Gasteiger partial charge in [0.1, 0.15) is 0 Å². The minimum atomic E-state index is 0.169. The zero-order chi connectivity index (χ0) is 38.0. The number of unbranched alkanes of at least 4 members (excludes halogenated alkanes) is 30. The Morgan fingerprint density at radius 3 is 0.769 bits per heavy atom. The molecule has 0 fully saturated rings. The van der Waals surface area contributed by atoms with Gasteiger partial charge < -0.3 is 20.4 Å². The van der Waals surface area contributed by atoms with Crippen LogP contribution < -0.4 is 10.6 Å². The number of nitrogens with zero attached hydrogens (tertiary/aromatic N) is 2. The summed E-state index contributed by atoms with van der Waals surface area (Å²) in [5.74, 6) is 0.337. The highest BCUT2D eigenvalue weighted by Crippen LogP contribution is 2.15. The molecule has 0 saturated heterocycles. The van der Waals surface area contributed by atoms with E-state index in [0.29, 0.717) is 12.8 Å². The first-order chi connectivity index (χ1) is 25.5. The van der Waals surface area contributed by atoms with Crippen LogP contribution in [0.2, 0.25) is 0 Å². The topological polar surface area (TPSA) is 64.7 Å². The molecule has 0 aliphatic rings. The highest BCUT2D eigenvalue weighted by atomic mass is 16.2. The van der Waals surface area contributed by atoms with Crippen molar-refractivity contribution in [1.29, 1.82) is 0 Å². The molecule has 6 nitrogen and oxygen atoms in total. The Kier molecular flexibility index (Phi) is 41.7. The third-order valence-corrected chi connectivity index (χ3v) is 11.0. The summed E-state index contributed by atoms with van der Waals surface area (Å²) in [5.41, 5.74) is 0. The van der Waals surface area contributed by atoms with Gasteiger partial charge in [-0.1, -0.05) is 206 Å². The van der Waals surface area contributed by atoms with Crippen molar-refractivity contribution in [1.82, 2.24) is 20.4 Å². The van der Waals surface area contributed by atoms with Crippen molar-refractivity contribution in [2.45, 2.75) is 232 Å². The Labute approximate surface area is 326 Å². The third-order valence-electron chi connectivity index (χ3n) is 11.0. The molecular formula is C46H94N4O2. The van der Waals surface area contributed by atoms with E-state index in [1.54, 1.807) is 0 Å². The average molecular weight is 735 g/mol. The Morgan fingerprint density at radius 1 is 0.327 bits per heavy atom. The van der Waals surface area contributed by atoms with Crippen molar-refractivity contribution in [3.05, 3.63) is 0 Å². The molecule has 6 heteroatoms. The number of hydrogen-bond acceptors (Lipinski definition) is 4. The van der Waals surface area contributed by atoms with Crippen LogP contribution in [0.1, 0.15) is 232 Å². The van der Waals surface area contributed by atoms with Crippen LogP contribution in [-0.2, 0) is 9.59 Å². The lowest BCUT2D eigenvalue weighted by molar-refractivity contribution is -0.122. The van der Waals surface area contributed by atoms with Crippen LogP contribution in [0, 0.1) is 0 Å². The summed E-state index contributed by atoms with van der Waals surface area (Å²) in [4.78, 5) is 29.0. The Hall–Kier alpha value is -1.14. The van der Waals surface area contributed by atoms with Gasteiger partial charge in [-0.2, -0.15) is 0 Å². The maximum Gasteiger partial charge on any atom is 0.221 e. The van der Waals surface area contributed by atoms with E-state index in [0.717, 1.165) is 52.1 Å². The second-order valence-corrected chi connectivity index (χ2v) is 16.4. The molecule has 0 aromatic heterocycles. The highest BCUT2D eigenvalue weighted by Gasteiger charge is 2.08. The number of likely N-dealkylation sites (N-methyl/N-ethyl adjacent to an activating group) is 2. The van der Waals surface area contributed by atoms with E-state index in [2.05, 4.69) is 48.4 Å². The minimum Gasteiger partial charge on any atom is -0.356 e. The quantitative estimate of drug-likeness (QED) is 0.0612. The van der Waals surface area contributed by atoms with Gasteiger partial charge in [0.2, 0.25) is 11.8 Å². The van der Waals surface area contributed by atoms with Crippen molar-refractivity contribution < 1.29 is 9.59 Å². The van der Waals surface area contributed by atoms with Gasteiger partial charge in [-0.25, -0.2) is 0 Å². The summed E-state index contributed by atoms with van der Waals surface area (Å²) >= 11 is 0. The normalized spacial score (nSPS) is 11.6. The molecule has 0 rings (SSSR count). The van der Waals surface area contributed by atoms with E-state index in [4.69, 9.17) is 0 Å². The standard InChI is InChI=1S/C46H94N4O2/c1-5-7-9-11-13-15-17-19-21-23-25-27-29-31-33-35-39-47-45(51)37-41-49(3)43-44-50(4)42-38-46(52)48-40-36-34-32-30-28-26-24-22-20-18-16-14-12-10-8-6-2/h5-44H2,1-4H3,(H,47,51)(H,48,52). The van der Waals surface area contributed by atoms with E-state index in [1.165, 1.54) is 193 Å². The maximum atomic E-state index is 12.3. The lowest BCUT2D eigenvalue weighted by Gasteiger charge is -2.21. The van der Waals surface area contributed by atoms with E-state index in [1.807, 2.05) is 0 Å². The maximum absolute atomic E-state index is 12.3. The molecule has 0 atom stereocenters. The minimum absolute atomic E-state index is 0.169. The third kappa shape index (κ3) is 41.6. The number of amides is 2.